The highest BCUT2D eigenvalue weighted by molar-refractivity contribution is 6.38. The van der Waals surface area contributed by atoms with E-state index >= 15 is 0 Å². The Bertz CT molecular complexity index is 439. The van der Waals surface area contributed by atoms with Gasteiger partial charge in [-0.15, -0.1) is 20.4 Å². The molecule has 1 rings (SSSR count). The summed E-state index contributed by atoms with van der Waals surface area (Å²) in [6.07, 6.45) is 1.64. The van der Waals surface area contributed by atoms with Crippen LogP contribution in [0.2, 0.25) is 5.54 Å². The van der Waals surface area contributed by atoms with Crippen LogP contribution in [-0.4, -0.2) is 55.1 Å². The highest BCUT2D eigenvalue weighted by Gasteiger charge is 2.15. The van der Waals surface area contributed by atoms with Gasteiger partial charge < -0.3 is 10.1 Å². The lowest BCUT2D eigenvalue weighted by molar-refractivity contribution is 0.0582. The molecule has 2 radical (unpaired) electrons. The Labute approximate surface area is 113 Å². The highest BCUT2D eigenvalue weighted by atomic mass is 28.2. The molecule has 1 aromatic rings. The van der Waals surface area contributed by atoms with Gasteiger partial charge in [0.05, 0.1) is 16.6 Å². The molecule has 0 bridgehead atoms. The van der Waals surface area contributed by atoms with Crippen molar-refractivity contribution in [1.29, 1.82) is 0 Å². The summed E-state index contributed by atoms with van der Waals surface area (Å²) >= 11 is 0. The number of ether oxygens (including phenoxy) is 1. The van der Waals surface area contributed by atoms with Gasteiger partial charge in [-0.05, 0) is 0 Å². The van der Waals surface area contributed by atoms with Gasteiger partial charge in [-0.2, -0.15) is 0 Å². The van der Waals surface area contributed by atoms with E-state index in [1.165, 1.54) is 7.11 Å². The molecule has 0 saturated heterocycles. The fraction of sp³-hybridized carbons (Fsp3) is 0.600. The van der Waals surface area contributed by atoms with Crippen LogP contribution in [0.15, 0.2) is 0 Å². The molecule has 1 N–H and O–H groups in total. The fourth-order valence-electron chi connectivity index (χ4n) is 1.02. The Kier molecular flexibility index (Phi) is 5.99. The van der Waals surface area contributed by atoms with Crippen molar-refractivity contribution in [3.8, 4) is 0 Å². The van der Waals surface area contributed by atoms with E-state index in [1.54, 1.807) is 0 Å². The third kappa shape index (κ3) is 4.70. The van der Waals surface area contributed by atoms with E-state index in [0.717, 1.165) is 6.42 Å². The average molecular weight is 281 g/mol. The molecule has 8 nitrogen and oxygen atoms in total. The first-order valence-electron chi connectivity index (χ1n) is 5.75. The first kappa shape index (κ1) is 15.2. The molecule has 9 heteroatoms. The summed E-state index contributed by atoms with van der Waals surface area (Å²) in [5.41, 5.74) is 0.569. The number of nitrogens with one attached hydrogen (secondary N) is 1. The number of carbonyl (C=O) groups excluding carboxylic acids is 2. The normalized spacial score (nSPS) is 11.7. The summed E-state index contributed by atoms with van der Waals surface area (Å²) in [4.78, 5) is 22.7. The van der Waals surface area contributed by atoms with Crippen molar-refractivity contribution in [3.05, 3.63) is 11.6 Å². The molecule has 1 heterocycles. The number of rotatable bonds is 6. The zero-order chi connectivity index (χ0) is 14.3. The number of aromatic nitrogens is 4. The Morgan fingerprint density at radius 2 is 1.84 bits per heavy atom. The third-order valence-electron chi connectivity index (χ3n) is 2.36. The van der Waals surface area contributed by atoms with Gasteiger partial charge in [-0.25, -0.2) is 4.79 Å². The molecule has 1 aromatic heterocycles. The minimum atomic E-state index is -0.745. The molecule has 19 heavy (non-hydrogen) atoms. The lowest BCUT2D eigenvalue weighted by atomic mass is 10.4. The van der Waals surface area contributed by atoms with Gasteiger partial charge in [0.1, 0.15) is 0 Å². The number of methoxy groups -OCH3 is 1. The van der Waals surface area contributed by atoms with E-state index in [-0.39, 0.29) is 11.6 Å². The molecule has 102 valence electrons. The molecule has 0 spiro atoms. The molecular weight excluding hydrogens is 266 g/mol. The Morgan fingerprint density at radius 1 is 1.26 bits per heavy atom. The molecular formula is C10H15N5O3Si. The Balaban J connectivity index is 2.51. The topological polar surface area (TPSA) is 107 Å². The molecule has 1 unspecified atom stereocenters. The summed E-state index contributed by atoms with van der Waals surface area (Å²) in [6, 6.07) is 0. The summed E-state index contributed by atoms with van der Waals surface area (Å²) < 4.78 is 4.40. The summed E-state index contributed by atoms with van der Waals surface area (Å²) in [7, 11) is 1.83. The first-order chi connectivity index (χ1) is 9.08. The predicted molar refractivity (Wildman–Crippen MR) is 66.8 cm³/mol. The molecule has 0 saturated carbocycles. The van der Waals surface area contributed by atoms with Gasteiger partial charge in [0.25, 0.3) is 17.6 Å². The fourth-order valence-corrected chi connectivity index (χ4v) is 1.92. The largest absolute Gasteiger partial charge is 0.463 e. The minimum Gasteiger partial charge on any atom is -0.463 e. The standard InChI is InChI=1S/C10H15N5O3Si/c1-4-6(2)19-5-11-9(16)7-12-14-8(15-13-7)10(17)18-3/h6H,4-5H2,1-3H3,(H,11,16). The van der Waals surface area contributed by atoms with Crippen molar-refractivity contribution < 1.29 is 14.3 Å². The van der Waals surface area contributed by atoms with E-state index in [9.17, 15) is 9.59 Å². The quantitative estimate of drug-likeness (QED) is 0.561. The van der Waals surface area contributed by atoms with Gasteiger partial charge in [0, 0.05) is 6.17 Å². The number of hydrogen-bond donors (Lipinski definition) is 1. The van der Waals surface area contributed by atoms with Crippen LogP contribution in [0.4, 0.5) is 0 Å². The molecule has 0 fully saturated rings. The zero-order valence-electron chi connectivity index (χ0n) is 11.0. The molecule has 1 amide bonds. The molecule has 0 aromatic carbocycles. The number of amides is 1. The van der Waals surface area contributed by atoms with Crippen molar-refractivity contribution in [2.24, 2.45) is 0 Å². The Hall–Kier alpha value is -1.90. The van der Waals surface area contributed by atoms with Gasteiger partial charge in [0.15, 0.2) is 0 Å². The van der Waals surface area contributed by atoms with Crippen molar-refractivity contribution >= 4 is 21.4 Å². The minimum absolute atomic E-state index is 0.165. The highest BCUT2D eigenvalue weighted by Crippen LogP contribution is 2.04. The van der Waals surface area contributed by atoms with E-state index in [4.69, 9.17) is 0 Å². The second-order valence-electron chi connectivity index (χ2n) is 3.73. The monoisotopic (exact) mass is 281 g/mol. The maximum absolute atomic E-state index is 11.6. The first-order valence-corrected chi connectivity index (χ1v) is 7.04. The van der Waals surface area contributed by atoms with Crippen molar-refractivity contribution in [2.75, 3.05) is 13.3 Å². The van der Waals surface area contributed by atoms with Crippen LogP contribution in [0.1, 0.15) is 41.5 Å². The lowest BCUT2D eigenvalue weighted by Gasteiger charge is -2.07. The maximum atomic E-state index is 11.6. The van der Waals surface area contributed by atoms with Crippen LogP contribution in [-0.2, 0) is 4.74 Å². The summed E-state index contributed by atoms with van der Waals surface area (Å²) in [5, 5.41) is 16.7. The van der Waals surface area contributed by atoms with Crippen molar-refractivity contribution in [1.82, 2.24) is 25.7 Å². The van der Waals surface area contributed by atoms with E-state index < -0.39 is 11.9 Å². The Morgan fingerprint density at radius 3 is 2.37 bits per heavy atom. The number of hydrogen-bond acceptors (Lipinski definition) is 7. The SMILES string of the molecule is CCC(C)[Si]CNC(=O)c1nnc(C(=O)OC)nn1. The van der Waals surface area contributed by atoms with Crippen LogP contribution in [0.3, 0.4) is 0 Å². The number of nitrogens with zero attached hydrogens (tertiary/aromatic N) is 4. The average Bonchev–Trinajstić information content (AvgIpc) is 2.46. The third-order valence-corrected chi connectivity index (χ3v) is 3.85. The summed E-state index contributed by atoms with van der Waals surface area (Å²) in [6.45, 7) is 4.22. The maximum Gasteiger partial charge on any atom is 0.379 e. The molecule has 0 aliphatic rings. The number of carbonyl (C=O) groups is 2. The summed E-state index contributed by atoms with van der Waals surface area (Å²) in [5.74, 6) is -1.64. The predicted octanol–water partition coefficient (Wildman–Crippen LogP) is -0.337. The molecule has 0 aliphatic heterocycles. The van der Waals surface area contributed by atoms with Crippen molar-refractivity contribution in [3.63, 3.8) is 0 Å². The second-order valence-corrected chi connectivity index (χ2v) is 5.48. The molecule has 0 aliphatic carbocycles. The van der Waals surface area contributed by atoms with E-state index in [0.29, 0.717) is 21.2 Å². The smallest absolute Gasteiger partial charge is 0.379 e. The van der Waals surface area contributed by atoms with Gasteiger partial charge in [-0.1, -0.05) is 25.8 Å². The van der Waals surface area contributed by atoms with Crippen LogP contribution in [0, 0.1) is 0 Å². The zero-order valence-corrected chi connectivity index (χ0v) is 12.0. The van der Waals surface area contributed by atoms with Gasteiger partial charge in [-0.3, -0.25) is 4.79 Å². The van der Waals surface area contributed by atoms with Crippen LogP contribution in [0.5, 0.6) is 0 Å². The van der Waals surface area contributed by atoms with Crippen LogP contribution < -0.4 is 5.32 Å². The van der Waals surface area contributed by atoms with E-state index in [2.05, 4.69) is 44.3 Å². The lowest BCUT2D eigenvalue weighted by Crippen LogP contribution is -2.31. The van der Waals surface area contributed by atoms with Crippen LogP contribution >= 0.6 is 0 Å². The number of esters is 1. The van der Waals surface area contributed by atoms with Gasteiger partial charge >= 0.3 is 5.97 Å². The van der Waals surface area contributed by atoms with Crippen molar-refractivity contribution in [2.45, 2.75) is 25.8 Å². The molecule has 1 atom stereocenters. The van der Waals surface area contributed by atoms with Crippen LogP contribution in [0.25, 0.3) is 0 Å². The van der Waals surface area contributed by atoms with Gasteiger partial charge in [0.2, 0.25) is 0 Å². The van der Waals surface area contributed by atoms with E-state index in [1.807, 2.05) is 0 Å². The second kappa shape index (κ2) is 7.51.